The molecule has 14 heavy (non-hydrogen) atoms. The number of nitrogens with two attached hydrogens (primary N) is 1. The maximum atomic E-state index is 11.2. The molecule has 0 aliphatic heterocycles. The quantitative estimate of drug-likeness (QED) is 0.598. The molecule has 0 fully saturated rings. The molecule has 0 aliphatic carbocycles. The van der Waals surface area contributed by atoms with Crippen molar-refractivity contribution in [2.45, 2.75) is 39.7 Å². The van der Waals surface area contributed by atoms with E-state index in [4.69, 9.17) is 10.8 Å². The lowest BCUT2D eigenvalue weighted by Crippen LogP contribution is -2.35. The molecule has 0 spiro atoms. The fourth-order valence-electron chi connectivity index (χ4n) is 1.36. The van der Waals surface area contributed by atoms with Crippen molar-refractivity contribution >= 4 is 5.91 Å². The van der Waals surface area contributed by atoms with E-state index >= 15 is 0 Å². The molecule has 1 atom stereocenters. The van der Waals surface area contributed by atoms with E-state index < -0.39 is 0 Å². The third kappa shape index (κ3) is 8.01. The van der Waals surface area contributed by atoms with Crippen LogP contribution in [0.3, 0.4) is 0 Å². The fourth-order valence-corrected chi connectivity index (χ4v) is 1.36. The summed E-state index contributed by atoms with van der Waals surface area (Å²) in [6.07, 6.45) is 1.15. The number of rotatable bonds is 5. The van der Waals surface area contributed by atoms with Crippen molar-refractivity contribution in [1.82, 2.24) is 5.32 Å². The number of carbonyl (C=O) groups excluding carboxylic acids is 1. The molecule has 1 amide bonds. The first-order valence-corrected chi connectivity index (χ1v) is 4.98. The molecule has 84 valence electrons. The second-order valence-electron chi connectivity index (χ2n) is 4.80. The Bertz CT molecular complexity index is 175. The summed E-state index contributed by atoms with van der Waals surface area (Å²) in [5.41, 5.74) is 5.96. The van der Waals surface area contributed by atoms with Crippen LogP contribution in [0.25, 0.3) is 0 Å². The normalized spacial score (nSPS) is 13.8. The average Bonchev–Trinajstić information content (AvgIpc) is 1.96. The van der Waals surface area contributed by atoms with Crippen molar-refractivity contribution in [2.75, 3.05) is 13.2 Å². The molecule has 0 heterocycles. The van der Waals surface area contributed by atoms with Gasteiger partial charge >= 0.3 is 0 Å². The molecule has 0 aliphatic rings. The molecule has 4 nitrogen and oxygen atoms in total. The SMILES string of the molecule is CC(C)(C)CC(N)CC(=O)NCCO. The largest absolute Gasteiger partial charge is 0.395 e. The van der Waals surface area contributed by atoms with Gasteiger partial charge in [0.25, 0.3) is 0 Å². The summed E-state index contributed by atoms with van der Waals surface area (Å²) < 4.78 is 0. The molecule has 0 aromatic carbocycles. The summed E-state index contributed by atoms with van der Waals surface area (Å²) in [7, 11) is 0. The van der Waals surface area contributed by atoms with Gasteiger partial charge in [0.15, 0.2) is 0 Å². The zero-order chi connectivity index (χ0) is 11.2. The van der Waals surface area contributed by atoms with E-state index in [1.165, 1.54) is 0 Å². The number of nitrogens with one attached hydrogen (secondary N) is 1. The second kappa shape index (κ2) is 5.98. The Labute approximate surface area is 85.9 Å². The standard InChI is InChI=1S/C10H22N2O2/c1-10(2,3)7-8(11)6-9(14)12-4-5-13/h8,13H,4-7,11H2,1-3H3,(H,12,14). The Morgan fingerprint density at radius 1 is 1.50 bits per heavy atom. The molecule has 1 unspecified atom stereocenters. The van der Waals surface area contributed by atoms with Gasteiger partial charge in [0.05, 0.1) is 6.61 Å². The molecule has 4 heteroatoms. The van der Waals surface area contributed by atoms with Crippen LogP contribution in [-0.2, 0) is 4.79 Å². The van der Waals surface area contributed by atoms with Crippen molar-refractivity contribution in [2.24, 2.45) is 11.1 Å². The summed E-state index contributed by atoms with van der Waals surface area (Å²) in [5.74, 6) is -0.0872. The van der Waals surface area contributed by atoms with E-state index in [2.05, 4.69) is 26.1 Å². The lowest BCUT2D eigenvalue weighted by Gasteiger charge is -2.22. The monoisotopic (exact) mass is 202 g/mol. The topological polar surface area (TPSA) is 75.4 Å². The maximum Gasteiger partial charge on any atom is 0.221 e. The number of aliphatic hydroxyl groups is 1. The van der Waals surface area contributed by atoms with Gasteiger partial charge in [-0.05, 0) is 11.8 Å². The van der Waals surface area contributed by atoms with Gasteiger partial charge in [-0.2, -0.15) is 0 Å². The van der Waals surface area contributed by atoms with Crippen LogP contribution in [0.1, 0.15) is 33.6 Å². The van der Waals surface area contributed by atoms with E-state index in [0.29, 0.717) is 13.0 Å². The van der Waals surface area contributed by atoms with E-state index in [-0.39, 0.29) is 24.0 Å². The van der Waals surface area contributed by atoms with Crippen LogP contribution in [0, 0.1) is 5.41 Å². The van der Waals surface area contributed by atoms with E-state index in [9.17, 15) is 4.79 Å². The highest BCUT2D eigenvalue weighted by atomic mass is 16.3. The molecular formula is C10H22N2O2. The van der Waals surface area contributed by atoms with Crippen molar-refractivity contribution in [3.8, 4) is 0 Å². The first kappa shape index (κ1) is 13.4. The molecule has 0 aromatic rings. The highest BCUT2D eigenvalue weighted by Gasteiger charge is 2.17. The van der Waals surface area contributed by atoms with Gasteiger partial charge < -0.3 is 16.2 Å². The summed E-state index contributed by atoms with van der Waals surface area (Å²) >= 11 is 0. The van der Waals surface area contributed by atoms with Crippen LogP contribution in [-0.4, -0.2) is 30.2 Å². The van der Waals surface area contributed by atoms with Crippen molar-refractivity contribution in [1.29, 1.82) is 0 Å². The summed E-state index contributed by atoms with van der Waals surface area (Å²) in [5, 5.41) is 11.1. The van der Waals surface area contributed by atoms with Gasteiger partial charge in [-0.1, -0.05) is 20.8 Å². The fraction of sp³-hybridized carbons (Fsp3) is 0.900. The highest BCUT2D eigenvalue weighted by Crippen LogP contribution is 2.20. The first-order chi connectivity index (χ1) is 6.35. The van der Waals surface area contributed by atoms with Crippen molar-refractivity contribution in [3.63, 3.8) is 0 Å². The lowest BCUT2D eigenvalue weighted by atomic mass is 9.87. The predicted octanol–water partition coefficient (Wildman–Crippen LogP) is 0.249. The minimum atomic E-state index is -0.103. The molecule has 0 rings (SSSR count). The highest BCUT2D eigenvalue weighted by molar-refractivity contribution is 5.76. The van der Waals surface area contributed by atoms with Crippen LogP contribution in [0.2, 0.25) is 0 Å². The Balaban J connectivity index is 3.71. The van der Waals surface area contributed by atoms with Gasteiger partial charge in [-0.15, -0.1) is 0 Å². The third-order valence-corrected chi connectivity index (χ3v) is 1.76. The van der Waals surface area contributed by atoms with E-state index in [0.717, 1.165) is 6.42 Å². The van der Waals surface area contributed by atoms with Crippen molar-refractivity contribution in [3.05, 3.63) is 0 Å². The summed E-state index contributed by atoms with van der Waals surface area (Å²) in [4.78, 5) is 11.2. The van der Waals surface area contributed by atoms with E-state index in [1.54, 1.807) is 0 Å². The van der Waals surface area contributed by atoms with Gasteiger partial charge in [-0.3, -0.25) is 4.79 Å². The Morgan fingerprint density at radius 3 is 2.50 bits per heavy atom. The van der Waals surface area contributed by atoms with Gasteiger partial charge in [0, 0.05) is 19.0 Å². The number of aliphatic hydroxyl groups excluding tert-OH is 1. The van der Waals surface area contributed by atoms with Crippen LogP contribution in [0.4, 0.5) is 0 Å². The maximum absolute atomic E-state index is 11.2. The molecule has 0 bridgehead atoms. The molecular weight excluding hydrogens is 180 g/mol. The second-order valence-corrected chi connectivity index (χ2v) is 4.80. The lowest BCUT2D eigenvalue weighted by molar-refractivity contribution is -0.121. The van der Waals surface area contributed by atoms with Crippen LogP contribution in [0.15, 0.2) is 0 Å². The first-order valence-electron chi connectivity index (χ1n) is 4.98. The summed E-state index contributed by atoms with van der Waals surface area (Å²) in [6, 6.07) is -0.103. The van der Waals surface area contributed by atoms with E-state index in [1.807, 2.05) is 0 Å². The summed E-state index contributed by atoms with van der Waals surface area (Å²) in [6.45, 7) is 6.57. The predicted molar refractivity (Wildman–Crippen MR) is 56.8 cm³/mol. The Hall–Kier alpha value is -0.610. The molecule has 0 radical (unpaired) electrons. The van der Waals surface area contributed by atoms with Gasteiger partial charge in [-0.25, -0.2) is 0 Å². The van der Waals surface area contributed by atoms with Gasteiger partial charge in [0.1, 0.15) is 0 Å². The third-order valence-electron chi connectivity index (χ3n) is 1.76. The minimum Gasteiger partial charge on any atom is -0.395 e. The van der Waals surface area contributed by atoms with Crippen LogP contribution < -0.4 is 11.1 Å². The van der Waals surface area contributed by atoms with Crippen LogP contribution in [0.5, 0.6) is 0 Å². The zero-order valence-corrected chi connectivity index (χ0v) is 9.34. The molecule has 0 saturated carbocycles. The average molecular weight is 202 g/mol. The smallest absolute Gasteiger partial charge is 0.221 e. The molecule has 0 aromatic heterocycles. The van der Waals surface area contributed by atoms with Crippen molar-refractivity contribution < 1.29 is 9.90 Å². The number of amides is 1. The zero-order valence-electron chi connectivity index (χ0n) is 9.34. The number of hydrogen-bond donors (Lipinski definition) is 3. The Kier molecular flexibility index (Phi) is 5.72. The number of hydrogen-bond acceptors (Lipinski definition) is 3. The van der Waals surface area contributed by atoms with Gasteiger partial charge in [0.2, 0.25) is 5.91 Å². The Morgan fingerprint density at radius 2 is 2.07 bits per heavy atom. The van der Waals surface area contributed by atoms with Crippen LogP contribution >= 0.6 is 0 Å². The number of carbonyl (C=O) groups is 1. The molecule has 0 saturated heterocycles. The molecule has 4 N–H and O–H groups in total. The minimum absolute atomic E-state index is 0.0275.